The van der Waals surface area contributed by atoms with E-state index in [2.05, 4.69) is 26.0 Å². The summed E-state index contributed by atoms with van der Waals surface area (Å²) in [6, 6.07) is 9.70. The minimum Gasteiger partial charge on any atom is -0.495 e. The molecule has 0 saturated heterocycles. The van der Waals surface area contributed by atoms with Gasteiger partial charge in [0.05, 0.1) is 24.2 Å². The van der Waals surface area contributed by atoms with Crippen LogP contribution in [0.1, 0.15) is 11.3 Å². The van der Waals surface area contributed by atoms with Crippen molar-refractivity contribution in [2.24, 2.45) is 0 Å². The summed E-state index contributed by atoms with van der Waals surface area (Å²) in [4.78, 5) is 17.1. The summed E-state index contributed by atoms with van der Waals surface area (Å²) in [5, 5.41) is 4.62. The second-order valence-electron chi connectivity index (χ2n) is 6.43. The van der Waals surface area contributed by atoms with E-state index in [1.807, 2.05) is 19.1 Å². The van der Waals surface area contributed by atoms with Gasteiger partial charge in [-0.2, -0.15) is 9.78 Å². The minimum atomic E-state index is -0.619. The zero-order valence-corrected chi connectivity index (χ0v) is 18.6. The molecule has 0 unspecified atom stereocenters. The van der Waals surface area contributed by atoms with Gasteiger partial charge in [-0.3, -0.25) is 0 Å². The average molecular weight is 491 g/mol. The highest BCUT2D eigenvalue weighted by molar-refractivity contribution is 9.11. The van der Waals surface area contributed by atoms with E-state index >= 15 is 0 Å². The molecule has 2 heterocycles. The molecular weight excluding hydrogens is 475 g/mol. The predicted octanol–water partition coefficient (Wildman–Crippen LogP) is 4.80. The van der Waals surface area contributed by atoms with Crippen LogP contribution in [0.5, 0.6) is 16.6 Å². The molecule has 4 rings (SSSR count). The van der Waals surface area contributed by atoms with Gasteiger partial charge in [0.25, 0.3) is 0 Å². The molecule has 30 heavy (non-hydrogen) atoms. The summed E-state index contributed by atoms with van der Waals surface area (Å²) in [6.45, 7) is 3.69. The molecule has 0 spiro atoms. The number of aryl methyl sites for hydroxylation is 2. The molecule has 10 heteroatoms. The van der Waals surface area contributed by atoms with Gasteiger partial charge in [-0.15, -0.1) is 0 Å². The van der Waals surface area contributed by atoms with Crippen molar-refractivity contribution >= 4 is 27.3 Å². The van der Waals surface area contributed by atoms with Crippen molar-refractivity contribution in [3.05, 3.63) is 74.2 Å². The molecule has 7 nitrogen and oxygen atoms in total. The molecule has 0 aliphatic heterocycles. The average Bonchev–Trinajstić information content (AvgIpc) is 3.24. The van der Waals surface area contributed by atoms with E-state index < -0.39 is 11.5 Å². The Bertz CT molecular complexity index is 1300. The number of thiazole rings is 1. The van der Waals surface area contributed by atoms with E-state index in [1.54, 1.807) is 19.1 Å². The molecular formula is C20H16BrFN4O3S. The van der Waals surface area contributed by atoms with Crippen molar-refractivity contribution in [1.29, 1.82) is 0 Å². The van der Waals surface area contributed by atoms with Gasteiger partial charge in [0.15, 0.2) is 15.5 Å². The third kappa shape index (κ3) is 3.75. The molecule has 0 fully saturated rings. The van der Waals surface area contributed by atoms with E-state index in [0.717, 1.165) is 10.2 Å². The lowest BCUT2D eigenvalue weighted by Crippen LogP contribution is -2.23. The van der Waals surface area contributed by atoms with Gasteiger partial charge in [0.2, 0.25) is 5.06 Å². The monoisotopic (exact) mass is 490 g/mol. The lowest BCUT2D eigenvalue weighted by Gasteiger charge is -2.09. The number of hydrogen-bond acceptors (Lipinski definition) is 6. The molecule has 2 aromatic carbocycles. The maximum absolute atomic E-state index is 14.7. The van der Waals surface area contributed by atoms with Gasteiger partial charge in [0, 0.05) is 6.07 Å². The highest BCUT2D eigenvalue weighted by Gasteiger charge is 2.16. The molecule has 0 radical (unpaired) electrons. The van der Waals surface area contributed by atoms with Crippen LogP contribution in [0.2, 0.25) is 0 Å². The molecule has 0 bridgehead atoms. The molecule has 0 amide bonds. The van der Waals surface area contributed by atoms with Gasteiger partial charge in [0.1, 0.15) is 12.1 Å². The number of aromatic nitrogens is 4. The fourth-order valence-corrected chi connectivity index (χ4v) is 4.25. The van der Waals surface area contributed by atoms with Crippen LogP contribution in [-0.2, 0) is 0 Å². The van der Waals surface area contributed by atoms with Crippen LogP contribution in [0.3, 0.4) is 0 Å². The summed E-state index contributed by atoms with van der Waals surface area (Å²) in [5.41, 5.74) is 1.99. The number of benzene rings is 2. The van der Waals surface area contributed by atoms with Crippen molar-refractivity contribution in [2.45, 2.75) is 13.8 Å². The van der Waals surface area contributed by atoms with Crippen LogP contribution < -0.4 is 15.2 Å². The van der Waals surface area contributed by atoms with Crippen LogP contribution in [0.15, 0.2) is 51.4 Å². The van der Waals surface area contributed by atoms with Crippen LogP contribution in [0.25, 0.3) is 11.4 Å². The van der Waals surface area contributed by atoms with Crippen LogP contribution in [-0.4, -0.2) is 26.4 Å². The number of ether oxygens (including phenoxy) is 2. The first-order valence-electron chi connectivity index (χ1n) is 8.80. The summed E-state index contributed by atoms with van der Waals surface area (Å²) in [6.07, 6.45) is 1.38. The first-order valence-corrected chi connectivity index (χ1v) is 10.4. The Labute approximate surface area is 183 Å². The lowest BCUT2D eigenvalue weighted by molar-refractivity contribution is 0.412. The van der Waals surface area contributed by atoms with Crippen LogP contribution in [0, 0.1) is 19.7 Å². The maximum Gasteiger partial charge on any atom is 0.355 e. The van der Waals surface area contributed by atoms with E-state index in [4.69, 9.17) is 9.47 Å². The first-order chi connectivity index (χ1) is 14.4. The number of rotatable bonds is 5. The fourth-order valence-electron chi connectivity index (χ4n) is 2.88. The Morgan fingerprint density at radius 3 is 2.57 bits per heavy atom. The van der Waals surface area contributed by atoms with Crippen molar-refractivity contribution in [3.8, 4) is 27.9 Å². The quantitative estimate of drug-likeness (QED) is 0.401. The largest absolute Gasteiger partial charge is 0.495 e. The van der Waals surface area contributed by atoms with Crippen molar-refractivity contribution in [1.82, 2.24) is 19.3 Å². The Balaban J connectivity index is 1.69. The van der Waals surface area contributed by atoms with E-state index in [-0.39, 0.29) is 11.4 Å². The zero-order chi connectivity index (χ0) is 21.4. The normalized spacial score (nSPS) is 11.0. The summed E-state index contributed by atoms with van der Waals surface area (Å²) in [5.74, 6) is -0.0555. The highest BCUT2D eigenvalue weighted by Crippen LogP contribution is 2.35. The third-order valence-corrected chi connectivity index (χ3v) is 5.84. The number of nitrogens with zero attached hydrogens (tertiary/aromatic N) is 4. The van der Waals surface area contributed by atoms with E-state index in [0.29, 0.717) is 26.1 Å². The zero-order valence-electron chi connectivity index (χ0n) is 16.2. The van der Waals surface area contributed by atoms with Gasteiger partial charge >= 0.3 is 5.69 Å². The second kappa shape index (κ2) is 8.04. The van der Waals surface area contributed by atoms with Gasteiger partial charge < -0.3 is 9.47 Å². The molecule has 0 aliphatic rings. The second-order valence-corrected chi connectivity index (χ2v) is 8.66. The van der Waals surface area contributed by atoms with Crippen LogP contribution in [0.4, 0.5) is 4.39 Å². The summed E-state index contributed by atoms with van der Waals surface area (Å²) >= 11 is 4.54. The smallest absolute Gasteiger partial charge is 0.355 e. The maximum atomic E-state index is 14.7. The number of methoxy groups -OCH3 is 1. The topological polar surface area (TPSA) is 71.2 Å². The molecule has 0 saturated carbocycles. The Morgan fingerprint density at radius 1 is 1.13 bits per heavy atom. The Hall–Kier alpha value is -2.98. The molecule has 154 valence electrons. The Kier molecular flexibility index (Phi) is 5.44. The number of halogens is 2. The van der Waals surface area contributed by atoms with Crippen molar-refractivity contribution in [2.75, 3.05) is 7.11 Å². The van der Waals surface area contributed by atoms with Gasteiger partial charge in [-0.1, -0.05) is 17.4 Å². The Morgan fingerprint density at radius 2 is 1.90 bits per heavy atom. The fraction of sp³-hybridized carbons (Fsp3) is 0.150. The van der Waals surface area contributed by atoms with E-state index in [1.165, 1.54) is 41.5 Å². The molecule has 0 aliphatic carbocycles. The first kappa shape index (κ1) is 20.3. The SMILES string of the molecule is COc1ccc(C)cc1-n1cnn(-c2ccc(Oc3sc(Br)nc3C)c(F)c2)c1=O. The third-order valence-electron chi connectivity index (χ3n) is 4.35. The molecule has 4 aromatic rings. The van der Waals surface area contributed by atoms with Gasteiger partial charge in [-0.25, -0.2) is 18.7 Å². The van der Waals surface area contributed by atoms with Crippen molar-refractivity contribution in [3.63, 3.8) is 0 Å². The van der Waals surface area contributed by atoms with Crippen molar-refractivity contribution < 1.29 is 13.9 Å². The number of hydrogen-bond donors (Lipinski definition) is 0. The molecule has 0 atom stereocenters. The summed E-state index contributed by atoms with van der Waals surface area (Å²) in [7, 11) is 1.53. The molecule has 2 aromatic heterocycles. The standard InChI is InChI=1S/C20H16BrFN4O3S/c1-11-4-6-17(28-3)15(8-11)25-10-23-26(20(25)27)13-5-7-16(14(22)9-13)29-18-12(2)24-19(21)30-18/h4-10H,1-3H3. The van der Waals surface area contributed by atoms with E-state index in [9.17, 15) is 9.18 Å². The van der Waals surface area contributed by atoms with Crippen LogP contribution >= 0.6 is 27.3 Å². The minimum absolute atomic E-state index is 0.0332. The molecule has 0 N–H and O–H groups in total. The van der Waals surface area contributed by atoms with Gasteiger partial charge in [-0.05, 0) is 59.6 Å². The highest BCUT2D eigenvalue weighted by atomic mass is 79.9. The predicted molar refractivity (Wildman–Crippen MR) is 115 cm³/mol. The lowest BCUT2D eigenvalue weighted by atomic mass is 10.2. The summed E-state index contributed by atoms with van der Waals surface area (Å²) < 4.78 is 28.8.